The van der Waals surface area contributed by atoms with Crippen molar-refractivity contribution >= 4 is 37.6 Å². The van der Waals surface area contributed by atoms with Crippen LogP contribution in [0.5, 0.6) is 0 Å². The Labute approximate surface area is 136 Å². The maximum Gasteiger partial charge on any atom is 0.242 e. The number of sulfonamides is 1. The first kappa shape index (κ1) is 16.4. The summed E-state index contributed by atoms with van der Waals surface area (Å²) < 4.78 is 41.0. The first-order chi connectivity index (χ1) is 9.79. The summed E-state index contributed by atoms with van der Waals surface area (Å²) in [5.41, 5.74) is 0.534. The molecule has 0 spiro atoms. The minimum Gasteiger partial charge on any atom is -0.207 e. The Hall–Kier alpha value is -0.950. The highest BCUT2D eigenvalue weighted by atomic mass is 79.9. The Kier molecular flexibility index (Phi) is 5.03. The summed E-state index contributed by atoms with van der Waals surface area (Å²) >= 11 is 9.18. The fourth-order valence-electron chi connectivity index (χ4n) is 1.83. The Morgan fingerprint density at radius 2 is 1.95 bits per heavy atom. The maximum absolute atomic E-state index is 13.2. The third kappa shape index (κ3) is 4.03. The van der Waals surface area contributed by atoms with Crippen molar-refractivity contribution in [3.05, 3.63) is 63.3 Å². The van der Waals surface area contributed by atoms with E-state index in [-0.39, 0.29) is 9.92 Å². The molecule has 0 aliphatic heterocycles. The zero-order valence-corrected chi connectivity index (χ0v) is 14.1. The molecule has 1 unspecified atom stereocenters. The quantitative estimate of drug-likeness (QED) is 0.844. The smallest absolute Gasteiger partial charge is 0.207 e. The average Bonchev–Trinajstić information content (AvgIpc) is 2.37. The van der Waals surface area contributed by atoms with Crippen LogP contribution in [0.15, 0.2) is 51.8 Å². The molecule has 0 radical (unpaired) electrons. The molecule has 0 bridgehead atoms. The van der Waals surface area contributed by atoms with Crippen molar-refractivity contribution in [1.82, 2.24) is 4.72 Å². The van der Waals surface area contributed by atoms with E-state index < -0.39 is 21.9 Å². The molecule has 0 heterocycles. The zero-order valence-electron chi connectivity index (χ0n) is 11.0. The van der Waals surface area contributed by atoms with E-state index in [0.29, 0.717) is 10.0 Å². The summed E-state index contributed by atoms with van der Waals surface area (Å²) in [6, 6.07) is 9.70. The normalized spacial score (nSPS) is 13.1. The van der Waals surface area contributed by atoms with Gasteiger partial charge in [0.2, 0.25) is 10.0 Å². The summed E-state index contributed by atoms with van der Waals surface area (Å²) in [6.45, 7) is 1.64. The predicted molar refractivity (Wildman–Crippen MR) is 84.3 cm³/mol. The SMILES string of the molecule is CC(NS(=O)(=O)c1ccc(Br)cc1Cl)c1cccc(F)c1. The minimum absolute atomic E-state index is 0.0179. The molecule has 7 heteroatoms. The maximum atomic E-state index is 13.2. The standard InChI is InChI=1S/C14H12BrClFNO2S/c1-9(10-3-2-4-12(17)7-10)18-21(19,20)14-6-5-11(15)8-13(14)16/h2-9,18H,1H3. The van der Waals surface area contributed by atoms with E-state index >= 15 is 0 Å². The molecule has 2 rings (SSSR count). The monoisotopic (exact) mass is 391 g/mol. The van der Waals surface area contributed by atoms with Crippen LogP contribution in [0.1, 0.15) is 18.5 Å². The average molecular weight is 393 g/mol. The number of rotatable bonds is 4. The highest BCUT2D eigenvalue weighted by Gasteiger charge is 2.21. The van der Waals surface area contributed by atoms with Gasteiger partial charge < -0.3 is 0 Å². The molecule has 3 nitrogen and oxygen atoms in total. The van der Waals surface area contributed by atoms with Crippen molar-refractivity contribution in [3.8, 4) is 0 Å². The van der Waals surface area contributed by atoms with Gasteiger partial charge in [0, 0.05) is 10.5 Å². The van der Waals surface area contributed by atoms with Gasteiger partial charge >= 0.3 is 0 Å². The topological polar surface area (TPSA) is 46.2 Å². The van der Waals surface area contributed by atoms with Crippen molar-refractivity contribution in [2.75, 3.05) is 0 Å². The van der Waals surface area contributed by atoms with E-state index in [0.717, 1.165) is 0 Å². The molecule has 21 heavy (non-hydrogen) atoms. The molecule has 0 saturated carbocycles. The molecule has 0 saturated heterocycles. The van der Waals surface area contributed by atoms with E-state index in [1.54, 1.807) is 19.1 Å². The predicted octanol–water partition coefficient (Wildman–Crippen LogP) is 4.28. The van der Waals surface area contributed by atoms with Gasteiger partial charge in [0.15, 0.2) is 0 Å². The summed E-state index contributed by atoms with van der Waals surface area (Å²) in [7, 11) is -3.79. The van der Waals surface area contributed by atoms with Crippen LogP contribution < -0.4 is 4.72 Å². The molecule has 0 aromatic heterocycles. The Balaban J connectivity index is 2.29. The molecule has 0 fully saturated rings. The van der Waals surface area contributed by atoms with Crippen molar-refractivity contribution in [1.29, 1.82) is 0 Å². The highest BCUT2D eigenvalue weighted by Crippen LogP contribution is 2.26. The van der Waals surface area contributed by atoms with Gasteiger partial charge in [0.25, 0.3) is 0 Å². The van der Waals surface area contributed by atoms with Crippen LogP contribution in [-0.2, 0) is 10.0 Å². The third-order valence-corrected chi connectivity index (χ3v) is 5.38. The number of halogens is 3. The summed E-state index contributed by atoms with van der Waals surface area (Å²) in [5, 5.41) is 0.114. The molecule has 1 N–H and O–H groups in total. The van der Waals surface area contributed by atoms with Crippen LogP contribution in [0.3, 0.4) is 0 Å². The number of benzene rings is 2. The molecule has 2 aromatic rings. The third-order valence-electron chi connectivity index (χ3n) is 2.86. The zero-order chi connectivity index (χ0) is 15.6. The summed E-state index contributed by atoms with van der Waals surface area (Å²) in [6.07, 6.45) is 0. The molecule has 112 valence electrons. The Morgan fingerprint density at radius 1 is 1.24 bits per heavy atom. The van der Waals surface area contributed by atoms with Crippen LogP contribution in [0, 0.1) is 5.82 Å². The fraction of sp³-hybridized carbons (Fsp3) is 0.143. The minimum atomic E-state index is -3.79. The molecule has 1 atom stereocenters. The molecule has 2 aromatic carbocycles. The first-order valence-electron chi connectivity index (χ1n) is 6.02. The number of hydrogen-bond donors (Lipinski definition) is 1. The van der Waals surface area contributed by atoms with Gasteiger partial charge in [-0.2, -0.15) is 0 Å². The van der Waals surface area contributed by atoms with E-state index in [4.69, 9.17) is 11.6 Å². The lowest BCUT2D eigenvalue weighted by Gasteiger charge is -2.15. The number of hydrogen-bond acceptors (Lipinski definition) is 2. The van der Waals surface area contributed by atoms with Gasteiger partial charge in [0.05, 0.1) is 5.02 Å². The lowest BCUT2D eigenvalue weighted by Crippen LogP contribution is -2.27. The van der Waals surface area contributed by atoms with Crippen molar-refractivity contribution in [3.63, 3.8) is 0 Å². The van der Waals surface area contributed by atoms with Gasteiger partial charge in [-0.25, -0.2) is 17.5 Å². The van der Waals surface area contributed by atoms with Gasteiger partial charge in [-0.05, 0) is 42.8 Å². The Morgan fingerprint density at radius 3 is 2.57 bits per heavy atom. The molecular formula is C14H12BrClFNO2S. The number of nitrogens with one attached hydrogen (secondary N) is 1. The van der Waals surface area contributed by atoms with Gasteiger partial charge in [-0.1, -0.05) is 39.7 Å². The van der Waals surface area contributed by atoms with Crippen LogP contribution in [0.25, 0.3) is 0 Å². The lowest BCUT2D eigenvalue weighted by atomic mass is 10.1. The van der Waals surface area contributed by atoms with Crippen LogP contribution in [-0.4, -0.2) is 8.42 Å². The van der Waals surface area contributed by atoms with Crippen molar-refractivity contribution in [2.24, 2.45) is 0 Å². The van der Waals surface area contributed by atoms with Gasteiger partial charge in [0.1, 0.15) is 10.7 Å². The van der Waals surface area contributed by atoms with Crippen LogP contribution in [0.4, 0.5) is 4.39 Å². The van der Waals surface area contributed by atoms with E-state index in [9.17, 15) is 12.8 Å². The van der Waals surface area contributed by atoms with Crippen molar-refractivity contribution in [2.45, 2.75) is 17.9 Å². The van der Waals surface area contributed by atoms with Gasteiger partial charge in [-0.3, -0.25) is 0 Å². The second-order valence-corrected chi connectivity index (χ2v) is 7.48. The summed E-state index contributed by atoms with van der Waals surface area (Å²) in [5.74, 6) is -0.416. The fourth-order valence-corrected chi connectivity index (χ4v) is 4.10. The van der Waals surface area contributed by atoms with E-state index in [2.05, 4.69) is 20.7 Å². The van der Waals surface area contributed by atoms with Gasteiger partial charge in [-0.15, -0.1) is 0 Å². The molecule has 0 amide bonds. The highest BCUT2D eigenvalue weighted by molar-refractivity contribution is 9.10. The lowest BCUT2D eigenvalue weighted by molar-refractivity contribution is 0.564. The largest absolute Gasteiger partial charge is 0.242 e. The van der Waals surface area contributed by atoms with Crippen LogP contribution >= 0.6 is 27.5 Å². The van der Waals surface area contributed by atoms with E-state index in [1.807, 2.05) is 0 Å². The van der Waals surface area contributed by atoms with E-state index in [1.165, 1.54) is 30.3 Å². The second kappa shape index (κ2) is 6.44. The molecular weight excluding hydrogens is 381 g/mol. The first-order valence-corrected chi connectivity index (χ1v) is 8.68. The van der Waals surface area contributed by atoms with Crippen LogP contribution in [0.2, 0.25) is 5.02 Å². The Bertz CT molecular complexity index is 767. The molecule has 0 aliphatic rings. The second-order valence-electron chi connectivity index (χ2n) is 4.47. The van der Waals surface area contributed by atoms with Crippen molar-refractivity contribution < 1.29 is 12.8 Å². The molecule has 0 aliphatic carbocycles. The summed E-state index contributed by atoms with van der Waals surface area (Å²) in [4.78, 5) is -0.0179.